The van der Waals surface area contributed by atoms with Crippen LogP contribution in [0.15, 0.2) is 59.8 Å². The normalized spacial score (nSPS) is 17.2. The molecule has 0 bridgehead atoms. The number of hydrogen-bond donors (Lipinski definition) is 1. The number of benzene rings is 2. The number of rotatable bonds is 4. The summed E-state index contributed by atoms with van der Waals surface area (Å²) < 4.78 is 5.88. The van der Waals surface area contributed by atoms with Crippen LogP contribution in [-0.2, 0) is 4.79 Å². The summed E-state index contributed by atoms with van der Waals surface area (Å²) in [6.45, 7) is 5.55. The van der Waals surface area contributed by atoms with Gasteiger partial charge in [0.2, 0.25) is 0 Å². The van der Waals surface area contributed by atoms with Crippen molar-refractivity contribution in [1.82, 2.24) is 10.2 Å². The lowest BCUT2D eigenvalue weighted by atomic mass is 9.92. The lowest BCUT2D eigenvalue weighted by Crippen LogP contribution is -2.45. The van der Waals surface area contributed by atoms with E-state index in [-0.39, 0.29) is 11.8 Å². The Bertz CT molecular complexity index is 870. The molecule has 0 aliphatic carbocycles. The Kier molecular flexibility index (Phi) is 5.09. The minimum absolute atomic E-state index is 0.0364. The highest BCUT2D eigenvalue weighted by molar-refractivity contribution is 7.80. The summed E-state index contributed by atoms with van der Waals surface area (Å²) in [5.41, 5.74) is 3.77. The molecule has 1 aliphatic heterocycles. The van der Waals surface area contributed by atoms with Gasteiger partial charge < -0.3 is 15.0 Å². The van der Waals surface area contributed by atoms with Gasteiger partial charge in [-0.15, -0.1) is 0 Å². The van der Waals surface area contributed by atoms with Crippen molar-refractivity contribution < 1.29 is 9.53 Å². The molecule has 2 aromatic rings. The van der Waals surface area contributed by atoms with Crippen molar-refractivity contribution in [3.63, 3.8) is 0 Å². The molecule has 1 atom stereocenters. The summed E-state index contributed by atoms with van der Waals surface area (Å²) in [7, 11) is 1.86. The standard InChI is InChI=1S/C21H22N2O2S/c1-13-5-9-17(10-6-13)25-18-11-7-16(8-12-18)20-19(15(3)24)14(2)23(4)21(26)22-20/h5-12,20H,1-4H3,(H,22,26). The molecule has 1 N–H and O–H groups in total. The maximum atomic E-state index is 12.2. The smallest absolute Gasteiger partial charge is 0.173 e. The molecule has 1 aliphatic rings. The number of nitrogens with one attached hydrogen (secondary N) is 1. The van der Waals surface area contributed by atoms with Gasteiger partial charge >= 0.3 is 0 Å². The molecule has 4 nitrogen and oxygen atoms in total. The highest BCUT2D eigenvalue weighted by Gasteiger charge is 2.30. The predicted octanol–water partition coefficient (Wildman–Crippen LogP) is 4.51. The van der Waals surface area contributed by atoms with Crippen LogP contribution in [0.3, 0.4) is 0 Å². The van der Waals surface area contributed by atoms with Crippen molar-refractivity contribution in [3.05, 3.63) is 70.9 Å². The molecule has 26 heavy (non-hydrogen) atoms. The quantitative estimate of drug-likeness (QED) is 0.806. The van der Waals surface area contributed by atoms with E-state index in [1.54, 1.807) is 6.92 Å². The van der Waals surface area contributed by atoms with Crippen LogP contribution >= 0.6 is 12.2 Å². The third-order valence-corrected chi connectivity index (χ3v) is 5.00. The van der Waals surface area contributed by atoms with Crippen molar-refractivity contribution in [1.29, 1.82) is 0 Å². The van der Waals surface area contributed by atoms with E-state index < -0.39 is 0 Å². The van der Waals surface area contributed by atoms with E-state index in [4.69, 9.17) is 17.0 Å². The molecule has 0 saturated carbocycles. The maximum Gasteiger partial charge on any atom is 0.173 e. The maximum absolute atomic E-state index is 12.2. The highest BCUT2D eigenvalue weighted by atomic mass is 32.1. The van der Waals surface area contributed by atoms with Crippen molar-refractivity contribution in [2.75, 3.05) is 7.05 Å². The van der Waals surface area contributed by atoms with Gasteiger partial charge in [0.1, 0.15) is 11.5 Å². The van der Waals surface area contributed by atoms with Crippen molar-refractivity contribution >= 4 is 23.1 Å². The molecule has 0 fully saturated rings. The van der Waals surface area contributed by atoms with Crippen LogP contribution in [0.1, 0.15) is 31.0 Å². The number of ketones is 1. The fourth-order valence-corrected chi connectivity index (χ4v) is 3.27. The first-order valence-electron chi connectivity index (χ1n) is 8.47. The first-order chi connectivity index (χ1) is 12.4. The Morgan fingerprint density at radius 1 is 1.04 bits per heavy atom. The number of carbonyl (C=O) groups is 1. The minimum atomic E-state index is -0.246. The van der Waals surface area contributed by atoms with Crippen LogP contribution < -0.4 is 10.1 Å². The SMILES string of the molecule is CC(=O)C1=C(C)N(C)C(=S)NC1c1ccc(Oc2ccc(C)cc2)cc1. The number of thiocarbonyl (C=S) groups is 1. The third kappa shape index (κ3) is 3.63. The second-order valence-corrected chi connectivity index (χ2v) is 6.87. The molecule has 1 unspecified atom stereocenters. The molecule has 0 saturated heterocycles. The van der Waals surface area contributed by atoms with Gasteiger partial charge in [0.25, 0.3) is 0 Å². The second-order valence-electron chi connectivity index (χ2n) is 6.48. The molecule has 1 heterocycles. The summed E-state index contributed by atoms with van der Waals surface area (Å²) in [4.78, 5) is 14.0. The van der Waals surface area contributed by atoms with E-state index in [9.17, 15) is 4.79 Å². The largest absolute Gasteiger partial charge is 0.457 e. The van der Waals surface area contributed by atoms with Crippen LogP contribution in [0.2, 0.25) is 0 Å². The van der Waals surface area contributed by atoms with E-state index in [0.717, 1.165) is 28.3 Å². The zero-order chi connectivity index (χ0) is 18.8. The third-order valence-electron chi connectivity index (χ3n) is 4.60. The number of Topliss-reactive ketones (excluding diaryl/α,β-unsaturated/α-hetero) is 1. The van der Waals surface area contributed by atoms with Gasteiger partial charge in [-0.25, -0.2) is 0 Å². The fraction of sp³-hybridized carbons (Fsp3) is 0.238. The lowest BCUT2D eigenvalue weighted by Gasteiger charge is -2.35. The van der Waals surface area contributed by atoms with Gasteiger partial charge in [0.15, 0.2) is 10.9 Å². The van der Waals surface area contributed by atoms with Crippen molar-refractivity contribution in [2.24, 2.45) is 0 Å². The molecular formula is C21H22N2O2S. The molecule has 134 valence electrons. The van der Waals surface area contributed by atoms with Crippen molar-refractivity contribution in [3.8, 4) is 11.5 Å². The summed E-state index contributed by atoms with van der Waals surface area (Å²) in [5, 5.41) is 3.87. The predicted molar refractivity (Wildman–Crippen MR) is 107 cm³/mol. The summed E-state index contributed by atoms with van der Waals surface area (Å²) >= 11 is 5.39. The topological polar surface area (TPSA) is 41.6 Å². The molecule has 3 rings (SSSR count). The average molecular weight is 366 g/mol. The van der Waals surface area contributed by atoms with Crippen LogP contribution in [0.4, 0.5) is 0 Å². The van der Waals surface area contributed by atoms with Gasteiger partial charge in [-0.3, -0.25) is 4.79 Å². The first kappa shape index (κ1) is 18.1. The Morgan fingerprint density at radius 2 is 1.58 bits per heavy atom. The number of nitrogens with zero attached hydrogens (tertiary/aromatic N) is 1. The Morgan fingerprint density at radius 3 is 2.12 bits per heavy atom. The van der Waals surface area contributed by atoms with E-state index >= 15 is 0 Å². The molecular weight excluding hydrogens is 344 g/mol. The average Bonchev–Trinajstić information content (AvgIpc) is 2.61. The number of allylic oxidation sites excluding steroid dienone is 1. The van der Waals surface area contributed by atoms with E-state index in [1.807, 2.05) is 74.3 Å². The zero-order valence-electron chi connectivity index (χ0n) is 15.4. The monoisotopic (exact) mass is 366 g/mol. The van der Waals surface area contributed by atoms with E-state index in [0.29, 0.717) is 5.11 Å². The molecule has 2 aromatic carbocycles. The van der Waals surface area contributed by atoms with E-state index in [1.165, 1.54) is 5.56 Å². The first-order valence-corrected chi connectivity index (χ1v) is 8.88. The Balaban J connectivity index is 1.86. The highest BCUT2D eigenvalue weighted by Crippen LogP contribution is 2.32. The number of ether oxygens (including phenoxy) is 1. The lowest BCUT2D eigenvalue weighted by molar-refractivity contribution is -0.114. The molecule has 5 heteroatoms. The van der Waals surface area contributed by atoms with Gasteiger partial charge in [0, 0.05) is 18.3 Å². The summed E-state index contributed by atoms with van der Waals surface area (Å²) in [6, 6.07) is 15.4. The molecule has 0 aromatic heterocycles. The second kappa shape index (κ2) is 7.30. The van der Waals surface area contributed by atoms with Crippen LogP contribution in [-0.4, -0.2) is 22.8 Å². The summed E-state index contributed by atoms with van der Waals surface area (Å²) in [6.07, 6.45) is 0. The number of carbonyl (C=O) groups excluding carboxylic acids is 1. The van der Waals surface area contributed by atoms with Crippen LogP contribution in [0, 0.1) is 6.92 Å². The van der Waals surface area contributed by atoms with Gasteiger partial charge in [-0.05, 0) is 62.8 Å². The summed E-state index contributed by atoms with van der Waals surface area (Å²) in [5.74, 6) is 1.58. The van der Waals surface area contributed by atoms with Gasteiger partial charge in [-0.2, -0.15) is 0 Å². The minimum Gasteiger partial charge on any atom is -0.457 e. The van der Waals surface area contributed by atoms with Crippen molar-refractivity contribution in [2.45, 2.75) is 26.8 Å². The van der Waals surface area contributed by atoms with Crippen LogP contribution in [0.5, 0.6) is 11.5 Å². The molecule has 0 radical (unpaired) electrons. The zero-order valence-corrected chi connectivity index (χ0v) is 16.2. The number of aryl methyl sites for hydroxylation is 1. The molecule has 0 spiro atoms. The fourth-order valence-electron chi connectivity index (χ4n) is 3.01. The molecule has 0 amide bonds. The van der Waals surface area contributed by atoms with Gasteiger partial charge in [-0.1, -0.05) is 29.8 Å². The van der Waals surface area contributed by atoms with E-state index in [2.05, 4.69) is 5.32 Å². The number of hydrogen-bond acceptors (Lipinski definition) is 3. The Hall–Kier alpha value is -2.66. The Labute approximate surface area is 159 Å². The van der Waals surface area contributed by atoms with Gasteiger partial charge in [0.05, 0.1) is 6.04 Å². The van der Waals surface area contributed by atoms with Crippen LogP contribution in [0.25, 0.3) is 0 Å².